The molecule has 0 radical (unpaired) electrons. The third kappa shape index (κ3) is 1.75. The molecule has 0 aliphatic carbocycles. The van der Waals surface area contributed by atoms with Gasteiger partial charge < -0.3 is 14.9 Å². The molecule has 0 fully saturated rings. The molecular formula is C13H11N3O2. The fraction of sp³-hybridized carbons (Fsp3) is 0.0769. The van der Waals surface area contributed by atoms with E-state index in [-0.39, 0.29) is 5.95 Å². The van der Waals surface area contributed by atoms with E-state index in [0.29, 0.717) is 17.3 Å². The summed E-state index contributed by atoms with van der Waals surface area (Å²) < 4.78 is 10.8. The number of anilines is 1. The molecule has 0 amide bonds. The minimum Gasteiger partial charge on any atom is -0.481 e. The van der Waals surface area contributed by atoms with Gasteiger partial charge in [0, 0.05) is 11.5 Å². The number of rotatable bonds is 2. The first-order chi connectivity index (χ1) is 8.76. The molecule has 90 valence electrons. The molecule has 2 aromatic heterocycles. The number of aromatic nitrogens is 2. The Morgan fingerprint density at radius 2 is 2.00 bits per heavy atom. The summed E-state index contributed by atoms with van der Waals surface area (Å²) in [5.74, 6) is 1.21. The van der Waals surface area contributed by atoms with Crippen LogP contribution in [-0.4, -0.2) is 17.1 Å². The van der Waals surface area contributed by atoms with Crippen LogP contribution in [0.5, 0.6) is 5.88 Å². The second-order valence-corrected chi connectivity index (χ2v) is 3.80. The Morgan fingerprint density at radius 3 is 2.78 bits per heavy atom. The van der Waals surface area contributed by atoms with Gasteiger partial charge in [0.15, 0.2) is 5.76 Å². The number of ether oxygens (including phenoxy) is 1. The number of benzene rings is 1. The zero-order chi connectivity index (χ0) is 12.5. The highest BCUT2D eigenvalue weighted by molar-refractivity contribution is 5.82. The first-order valence-electron chi connectivity index (χ1n) is 5.44. The number of hydrogen-bond donors (Lipinski definition) is 1. The van der Waals surface area contributed by atoms with Crippen molar-refractivity contribution in [2.75, 3.05) is 12.8 Å². The largest absolute Gasteiger partial charge is 0.481 e. The van der Waals surface area contributed by atoms with E-state index >= 15 is 0 Å². The van der Waals surface area contributed by atoms with Crippen molar-refractivity contribution >= 4 is 16.9 Å². The van der Waals surface area contributed by atoms with Crippen molar-refractivity contribution in [3.05, 3.63) is 36.4 Å². The quantitative estimate of drug-likeness (QED) is 0.746. The predicted molar refractivity (Wildman–Crippen MR) is 68.2 cm³/mol. The Balaban J connectivity index is 2.16. The smallest absolute Gasteiger partial charge is 0.223 e. The van der Waals surface area contributed by atoms with Gasteiger partial charge >= 0.3 is 0 Å². The molecule has 0 unspecified atom stereocenters. The summed E-state index contributed by atoms with van der Waals surface area (Å²) in [7, 11) is 1.53. The summed E-state index contributed by atoms with van der Waals surface area (Å²) in [4.78, 5) is 8.07. The van der Waals surface area contributed by atoms with Crippen LogP contribution in [0, 0.1) is 0 Å². The molecule has 0 saturated heterocycles. The van der Waals surface area contributed by atoms with Gasteiger partial charge in [-0.15, -0.1) is 0 Å². The number of methoxy groups -OCH3 is 1. The molecule has 2 heterocycles. The lowest BCUT2D eigenvalue weighted by Gasteiger charge is -2.01. The lowest BCUT2D eigenvalue weighted by Crippen LogP contribution is -1.98. The summed E-state index contributed by atoms with van der Waals surface area (Å²) in [6.45, 7) is 0. The molecule has 5 nitrogen and oxygen atoms in total. The van der Waals surface area contributed by atoms with Gasteiger partial charge in [-0.1, -0.05) is 18.2 Å². The zero-order valence-electron chi connectivity index (χ0n) is 9.75. The van der Waals surface area contributed by atoms with Gasteiger partial charge in [-0.05, 0) is 12.1 Å². The van der Waals surface area contributed by atoms with Gasteiger partial charge in [-0.3, -0.25) is 0 Å². The third-order valence-corrected chi connectivity index (χ3v) is 2.61. The van der Waals surface area contributed by atoms with Gasteiger partial charge in [0.2, 0.25) is 11.8 Å². The Kier molecular flexibility index (Phi) is 2.37. The lowest BCUT2D eigenvalue weighted by molar-refractivity contribution is 0.397. The van der Waals surface area contributed by atoms with E-state index in [1.165, 1.54) is 7.11 Å². The number of para-hydroxylation sites is 1. The first kappa shape index (κ1) is 10.6. The molecule has 2 N–H and O–H groups in total. The average molecular weight is 241 g/mol. The molecule has 3 rings (SSSR count). The number of hydrogen-bond acceptors (Lipinski definition) is 5. The minimum atomic E-state index is 0.157. The maximum absolute atomic E-state index is 5.71. The predicted octanol–water partition coefficient (Wildman–Crippen LogP) is 2.48. The van der Waals surface area contributed by atoms with Crippen molar-refractivity contribution in [1.29, 1.82) is 0 Å². The number of fused-ring (bicyclic) bond motifs is 1. The van der Waals surface area contributed by atoms with Crippen molar-refractivity contribution in [2.45, 2.75) is 0 Å². The molecule has 0 aliphatic rings. The van der Waals surface area contributed by atoms with Crippen LogP contribution in [0.15, 0.2) is 40.8 Å². The second-order valence-electron chi connectivity index (χ2n) is 3.80. The Labute approximate surface area is 103 Å². The summed E-state index contributed by atoms with van der Waals surface area (Å²) in [6, 6.07) is 11.4. The normalized spacial score (nSPS) is 10.7. The average Bonchev–Trinajstić information content (AvgIpc) is 2.81. The molecule has 5 heteroatoms. The maximum Gasteiger partial charge on any atom is 0.223 e. The van der Waals surface area contributed by atoms with Crippen LogP contribution in [0.2, 0.25) is 0 Å². The van der Waals surface area contributed by atoms with Gasteiger partial charge in [0.25, 0.3) is 0 Å². The van der Waals surface area contributed by atoms with Gasteiger partial charge in [-0.25, -0.2) is 4.98 Å². The molecular weight excluding hydrogens is 230 g/mol. The first-order valence-corrected chi connectivity index (χ1v) is 5.44. The second kappa shape index (κ2) is 4.03. The van der Waals surface area contributed by atoms with Crippen LogP contribution in [0.25, 0.3) is 22.4 Å². The SMILES string of the molecule is COc1cc(-c2cc3ccccc3o2)nc(N)n1. The van der Waals surface area contributed by atoms with E-state index in [4.69, 9.17) is 14.9 Å². The van der Waals surface area contributed by atoms with E-state index in [2.05, 4.69) is 9.97 Å². The van der Waals surface area contributed by atoms with Crippen molar-refractivity contribution in [2.24, 2.45) is 0 Å². The van der Waals surface area contributed by atoms with Gasteiger partial charge in [-0.2, -0.15) is 4.98 Å². The van der Waals surface area contributed by atoms with Crippen molar-refractivity contribution in [1.82, 2.24) is 9.97 Å². The molecule has 0 saturated carbocycles. The van der Waals surface area contributed by atoms with E-state index in [1.54, 1.807) is 6.07 Å². The Morgan fingerprint density at radius 1 is 1.17 bits per heavy atom. The van der Waals surface area contributed by atoms with E-state index in [1.807, 2.05) is 30.3 Å². The monoisotopic (exact) mass is 241 g/mol. The van der Waals surface area contributed by atoms with Crippen molar-refractivity contribution < 1.29 is 9.15 Å². The number of furan rings is 1. The summed E-state index contributed by atoms with van der Waals surface area (Å²) in [5.41, 5.74) is 7.04. The number of nitrogen functional groups attached to an aromatic ring is 1. The van der Waals surface area contributed by atoms with Crippen molar-refractivity contribution in [3.8, 4) is 17.3 Å². The molecule has 1 aromatic carbocycles. The molecule has 3 aromatic rings. The van der Waals surface area contributed by atoms with Crippen LogP contribution in [0.1, 0.15) is 0 Å². The number of nitrogens with zero attached hydrogens (tertiary/aromatic N) is 2. The summed E-state index contributed by atoms with van der Waals surface area (Å²) in [6.07, 6.45) is 0. The highest BCUT2D eigenvalue weighted by atomic mass is 16.5. The van der Waals surface area contributed by atoms with Crippen LogP contribution in [0.3, 0.4) is 0 Å². The van der Waals surface area contributed by atoms with Crippen LogP contribution >= 0.6 is 0 Å². The van der Waals surface area contributed by atoms with E-state index < -0.39 is 0 Å². The molecule has 0 aliphatic heterocycles. The standard InChI is InChI=1S/C13H11N3O2/c1-17-12-7-9(15-13(14)16-12)11-6-8-4-2-3-5-10(8)18-11/h2-7H,1H3,(H2,14,15,16). The molecule has 18 heavy (non-hydrogen) atoms. The van der Waals surface area contributed by atoms with Crippen LogP contribution in [-0.2, 0) is 0 Å². The molecule has 0 atom stereocenters. The summed E-state index contributed by atoms with van der Waals surface area (Å²) in [5, 5.41) is 1.02. The molecule has 0 spiro atoms. The van der Waals surface area contributed by atoms with Crippen LogP contribution in [0.4, 0.5) is 5.95 Å². The maximum atomic E-state index is 5.71. The Bertz CT molecular complexity index is 673. The highest BCUT2D eigenvalue weighted by Gasteiger charge is 2.10. The minimum absolute atomic E-state index is 0.157. The van der Waals surface area contributed by atoms with E-state index in [0.717, 1.165) is 11.0 Å². The topological polar surface area (TPSA) is 74.2 Å². The van der Waals surface area contributed by atoms with E-state index in [9.17, 15) is 0 Å². The third-order valence-electron chi connectivity index (χ3n) is 2.61. The van der Waals surface area contributed by atoms with Crippen molar-refractivity contribution in [3.63, 3.8) is 0 Å². The summed E-state index contributed by atoms with van der Waals surface area (Å²) >= 11 is 0. The van der Waals surface area contributed by atoms with Gasteiger partial charge in [0.05, 0.1) is 7.11 Å². The highest BCUT2D eigenvalue weighted by Crippen LogP contribution is 2.28. The number of nitrogens with two attached hydrogens (primary N) is 1. The zero-order valence-corrected chi connectivity index (χ0v) is 9.75. The fourth-order valence-electron chi connectivity index (χ4n) is 1.78. The van der Waals surface area contributed by atoms with Gasteiger partial charge in [0.1, 0.15) is 11.3 Å². The lowest BCUT2D eigenvalue weighted by atomic mass is 10.2. The molecule has 0 bridgehead atoms. The fourth-order valence-corrected chi connectivity index (χ4v) is 1.78. The van der Waals surface area contributed by atoms with Crippen LogP contribution < -0.4 is 10.5 Å². The Hall–Kier alpha value is -2.56.